The molecule has 1 heterocycles. The van der Waals surface area contributed by atoms with Gasteiger partial charge in [0.2, 0.25) is 0 Å². The van der Waals surface area contributed by atoms with Crippen LogP contribution in [0, 0.1) is 0 Å². The summed E-state index contributed by atoms with van der Waals surface area (Å²) in [5, 5.41) is 3.54. The fraction of sp³-hybridized carbons (Fsp3) is 0.412. The van der Waals surface area contributed by atoms with Crippen molar-refractivity contribution in [1.82, 2.24) is 4.98 Å². The van der Waals surface area contributed by atoms with E-state index in [1.165, 1.54) is 17.7 Å². The molecule has 1 aromatic heterocycles. The highest BCUT2D eigenvalue weighted by Crippen LogP contribution is 2.29. The first-order chi connectivity index (χ1) is 11.2. The molecule has 122 valence electrons. The van der Waals surface area contributed by atoms with Crippen LogP contribution in [0.1, 0.15) is 35.9 Å². The van der Waals surface area contributed by atoms with E-state index in [1.807, 2.05) is 18.2 Å². The molecule has 6 heteroatoms. The van der Waals surface area contributed by atoms with E-state index in [1.54, 1.807) is 11.3 Å². The molecule has 0 spiro atoms. The van der Waals surface area contributed by atoms with Crippen molar-refractivity contribution in [1.29, 1.82) is 0 Å². The van der Waals surface area contributed by atoms with Crippen molar-refractivity contribution in [3.63, 3.8) is 0 Å². The minimum absolute atomic E-state index is 0.00111. The van der Waals surface area contributed by atoms with Crippen molar-refractivity contribution < 1.29 is 9.53 Å². The number of anilines is 1. The van der Waals surface area contributed by atoms with Crippen LogP contribution < -0.4 is 10.1 Å². The molecule has 1 amide bonds. The fourth-order valence-corrected chi connectivity index (χ4v) is 4.14. The molecule has 2 aromatic rings. The summed E-state index contributed by atoms with van der Waals surface area (Å²) in [6, 6.07) is 5.82. The van der Waals surface area contributed by atoms with Crippen LogP contribution in [-0.2, 0) is 24.1 Å². The highest BCUT2D eigenvalue weighted by Gasteiger charge is 2.16. The fourth-order valence-electron chi connectivity index (χ4n) is 2.67. The number of rotatable bonds is 5. The van der Waals surface area contributed by atoms with Crippen molar-refractivity contribution in [2.75, 3.05) is 11.9 Å². The average Bonchev–Trinajstić information content (AvgIpc) is 2.95. The maximum atomic E-state index is 12.1. The number of benzene rings is 1. The highest BCUT2D eigenvalue weighted by molar-refractivity contribution is 9.10. The molecule has 0 saturated carbocycles. The maximum absolute atomic E-state index is 12.1. The van der Waals surface area contributed by atoms with Gasteiger partial charge in [-0.25, -0.2) is 4.98 Å². The predicted molar refractivity (Wildman–Crippen MR) is 96.4 cm³/mol. The molecule has 1 aliphatic carbocycles. The van der Waals surface area contributed by atoms with Gasteiger partial charge in [0.1, 0.15) is 5.75 Å². The number of halogens is 1. The van der Waals surface area contributed by atoms with Crippen LogP contribution in [0.15, 0.2) is 22.7 Å². The number of carbonyl (C=O) groups is 1. The number of hydrogen-bond acceptors (Lipinski definition) is 4. The Bertz CT molecular complexity index is 691. The summed E-state index contributed by atoms with van der Waals surface area (Å²) < 4.78 is 6.68. The molecule has 0 atom stereocenters. The Morgan fingerprint density at radius 2 is 2.22 bits per heavy atom. The van der Waals surface area contributed by atoms with Crippen molar-refractivity contribution in [2.24, 2.45) is 0 Å². The van der Waals surface area contributed by atoms with Gasteiger partial charge in [0.15, 0.2) is 11.7 Å². The first kappa shape index (κ1) is 16.5. The number of hydrogen-bond donors (Lipinski definition) is 1. The Morgan fingerprint density at radius 3 is 3.00 bits per heavy atom. The number of amides is 1. The van der Waals surface area contributed by atoms with Crippen molar-refractivity contribution in [3.05, 3.63) is 38.8 Å². The summed E-state index contributed by atoms with van der Waals surface area (Å²) in [5.74, 6) is 0.588. The van der Waals surface area contributed by atoms with Crippen LogP contribution in [-0.4, -0.2) is 17.5 Å². The second-order valence-corrected chi connectivity index (χ2v) is 7.54. The Hall–Kier alpha value is -1.40. The van der Waals surface area contributed by atoms with Gasteiger partial charge in [-0.05, 0) is 55.9 Å². The molecule has 1 aliphatic rings. The predicted octanol–water partition coefficient (Wildman–Crippen LogP) is 4.36. The van der Waals surface area contributed by atoms with Gasteiger partial charge in [-0.15, -0.1) is 11.3 Å². The molecule has 0 fully saturated rings. The minimum atomic E-state index is -0.166. The van der Waals surface area contributed by atoms with Gasteiger partial charge in [0, 0.05) is 9.35 Å². The number of fused-ring (bicyclic) bond motifs is 1. The number of aryl methyl sites for hydroxylation is 3. The molecular formula is C17H19BrN2O2S. The average molecular weight is 395 g/mol. The van der Waals surface area contributed by atoms with E-state index < -0.39 is 0 Å². The van der Waals surface area contributed by atoms with Gasteiger partial charge in [-0.3, -0.25) is 10.1 Å². The van der Waals surface area contributed by atoms with E-state index in [4.69, 9.17) is 4.74 Å². The van der Waals surface area contributed by atoms with Gasteiger partial charge in [0.25, 0.3) is 5.91 Å². The quantitative estimate of drug-likeness (QED) is 0.818. The lowest BCUT2D eigenvalue weighted by atomic mass is 10.0. The number of nitrogens with one attached hydrogen (secondary N) is 1. The van der Waals surface area contributed by atoms with Crippen molar-refractivity contribution >= 4 is 38.3 Å². The topological polar surface area (TPSA) is 51.2 Å². The lowest BCUT2D eigenvalue weighted by molar-refractivity contribution is -0.118. The number of thiazole rings is 1. The molecule has 0 radical (unpaired) electrons. The van der Waals surface area contributed by atoms with Gasteiger partial charge >= 0.3 is 0 Å². The van der Waals surface area contributed by atoms with Crippen LogP contribution in [0.3, 0.4) is 0 Å². The molecule has 0 unspecified atom stereocenters. The third-order valence-corrected chi connectivity index (χ3v) is 5.42. The third kappa shape index (κ3) is 4.12. The van der Waals surface area contributed by atoms with E-state index in [0.29, 0.717) is 5.13 Å². The summed E-state index contributed by atoms with van der Waals surface area (Å²) in [7, 11) is 0. The van der Waals surface area contributed by atoms with Gasteiger partial charge in [0.05, 0.1) is 5.69 Å². The molecule has 0 aliphatic heterocycles. The summed E-state index contributed by atoms with van der Waals surface area (Å²) >= 11 is 5.04. The largest absolute Gasteiger partial charge is 0.483 e. The Labute approximate surface area is 148 Å². The van der Waals surface area contributed by atoms with Crippen LogP contribution in [0.4, 0.5) is 5.13 Å². The van der Waals surface area contributed by atoms with Crippen LogP contribution in [0.25, 0.3) is 0 Å². The van der Waals surface area contributed by atoms with E-state index in [2.05, 4.69) is 33.2 Å². The smallest absolute Gasteiger partial charge is 0.264 e. The number of ether oxygens (including phenoxy) is 1. The minimum Gasteiger partial charge on any atom is -0.483 e. The summed E-state index contributed by atoms with van der Waals surface area (Å²) in [4.78, 5) is 17.9. The molecule has 4 nitrogen and oxygen atoms in total. The molecule has 1 N–H and O–H groups in total. The highest BCUT2D eigenvalue weighted by atomic mass is 79.9. The van der Waals surface area contributed by atoms with E-state index in [-0.39, 0.29) is 12.5 Å². The molecule has 0 saturated heterocycles. The zero-order valence-electron chi connectivity index (χ0n) is 13.0. The second kappa shape index (κ2) is 7.45. The summed E-state index contributed by atoms with van der Waals surface area (Å²) in [6.07, 6.45) is 5.37. The van der Waals surface area contributed by atoms with Crippen LogP contribution in [0.5, 0.6) is 5.75 Å². The molecule has 23 heavy (non-hydrogen) atoms. The maximum Gasteiger partial charge on any atom is 0.264 e. The Balaban J connectivity index is 1.58. The third-order valence-electron chi connectivity index (χ3n) is 3.85. The number of nitrogens with zero attached hydrogens (tertiary/aromatic N) is 1. The first-order valence-electron chi connectivity index (χ1n) is 7.85. The zero-order valence-corrected chi connectivity index (χ0v) is 15.4. The van der Waals surface area contributed by atoms with Crippen molar-refractivity contribution in [3.8, 4) is 5.75 Å². The van der Waals surface area contributed by atoms with E-state index in [0.717, 1.165) is 40.7 Å². The molecule has 3 rings (SSSR count). The van der Waals surface area contributed by atoms with Gasteiger partial charge < -0.3 is 4.74 Å². The van der Waals surface area contributed by atoms with Crippen LogP contribution in [0.2, 0.25) is 0 Å². The monoisotopic (exact) mass is 394 g/mol. The lowest BCUT2D eigenvalue weighted by Crippen LogP contribution is -2.20. The standard InChI is InChI=1S/C17H19BrN2O2S/c1-2-11-9-12(18)7-8-14(11)22-10-16(21)20-17-19-13-5-3-4-6-15(13)23-17/h7-9H,2-6,10H2,1H3,(H,19,20,21). The lowest BCUT2D eigenvalue weighted by Gasteiger charge is -2.10. The number of aromatic nitrogens is 1. The Morgan fingerprint density at radius 1 is 1.39 bits per heavy atom. The van der Waals surface area contributed by atoms with Gasteiger partial charge in [-0.1, -0.05) is 22.9 Å². The van der Waals surface area contributed by atoms with E-state index >= 15 is 0 Å². The number of carbonyl (C=O) groups excluding carboxylic acids is 1. The zero-order chi connectivity index (χ0) is 16.2. The molecule has 1 aromatic carbocycles. The summed E-state index contributed by atoms with van der Waals surface area (Å²) in [5.41, 5.74) is 2.23. The SMILES string of the molecule is CCc1cc(Br)ccc1OCC(=O)Nc1nc2c(s1)CCCC2. The van der Waals surface area contributed by atoms with Crippen LogP contribution >= 0.6 is 27.3 Å². The first-order valence-corrected chi connectivity index (χ1v) is 9.46. The molecule has 0 bridgehead atoms. The second-order valence-electron chi connectivity index (χ2n) is 5.54. The Kier molecular flexibility index (Phi) is 5.33. The van der Waals surface area contributed by atoms with Gasteiger partial charge in [-0.2, -0.15) is 0 Å². The van der Waals surface area contributed by atoms with E-state index in [9.17, 15) is 4.79 Å². The van der Waals surface area contributed by atoms with Crippen molar-refractivity contribution in [2.45, 2.75) is 39.0 Å². The summed E-state index contributed by atoms with van der Waals surface area (Å²) in [6.45, 7) is 2.06. The molecular weight excluding hydrogens is 376 g/mol. The normalized spacial score (nSPS) is 13.5.